The van der Waals surface area contributed by atoms with Crippen LogP contribution in [0.5, 0.6) is 0 Å². The number of dihydropyridines is 1. The SMILES string of the molecule is C1=CC(c2ccccc2)Nc2c1ccc1c2NC(c2cccc(-c3ccc(C4=C(c5ccccc5)C(c5ccccc5)NC(c5ccccc5)=C4c4ccccc4)cc3)c2)C=C1. The van der Waals surface area contributed by atoms with Crippen LogP contribution in [0.15, 0.2) is 224 Å². The molecule has 0 radical (unpaired) electrons. The minimum atomic E-state index is -0.0881. The van der Waals surface area contributed by atoms with Crippen LogP contribution < -0.4 is 16.0 Å². The summed E-state index contributed by atoms with van der Waals surface area (Å²) in [6, 6.07) is 76.7. The Morgan fingerprint density at radius 2 is 0.758 bits per heavy atom. The minimum Gasteiger partial charge on any atom is -0.373 e. The van der Waals surface area contributed by atoms with Crippen molar-refractivity contribution in [3.63, 3.8) is 0 Å². The molecule has 3 heterocycles. The first-order valence-electron chi connectivity index (χ1n) is 21.5. The van der Waals surface area contributed by atoms with E-state index in [1.807, 2.05) is 0 Å². The molecule has 0 saturated carbocycles. The smallest absolute Gasteiger partial charge is 0.0779 e. The van der Waals surface area contributed by atoms with E-state index in [-0.39, 0.29) is 18.1 Å². The van der Waals surface area contributed by atoms with E-state index < -0.39 is 0 Å². The van der Waals surface area contributed by atoms with Gasteiger partial charge in [-0.1, -0.05) is 231 Å². The van der Waals surface area contributed by atoms with Gasteiger partial charge < -0.3 is 16.0 Å². The highest BCUT2D eigenvalue weighted by atomic mass is 15.0. The van der Waals surface area contributed by atoms with E-state index in [9.17, 15) is 0 Å². The summed E-state index contributed by atoms with van der Waals surface area (Å²) in [7, 11) is 0. The fourth-order valence-electron chi connectivity index (χ4n) is 9.36. The summed E-state index contributed by atoms with van der Waals surface area (Å²) in [6.45, 7) is 0. The molecule has 0 fully saturated rings. The molecule has 3 heteroatoms. The Bertz CT molecular complexity index is 3000. The average molecular weight is 796 g/mol. The first-order valence-corrected chi connectivity index (χ1v) is 21.5. The lowest BCUT2D eigenvalue weighted by Gasteiger charge is -2.36. The molecule has 3 aliphatic rings. The van der Waals surface area contributed by atoms with Crippen molar-refractivity contribution < 1.29 is 0 Å². The molecule has 296 valence electrons. The highest BCUT2D eigenvalue weighted by molar-refractivity contribution is 6.24. The van der Waals surface area contributed by atoms with Gasteiger partial charge in [0.25, 0.3) is 0 Å². The predicted octanol–water partition coefficient (Wildman–Crippen LogP) is 14.5. The second-order valence-electron chi connectivity index (χ2n) is 16.2. The number of benzene rings is 8. The quantitative estimate of drug-likeness (QED) is 0.143. The summed E-state index contributed by atoms with van der Waals surface area (Å²) in [5.74, 6) is 0. The number of rotatable bonds is 8. The van der Waals surface area contributed by atoms with Gasteiger partial charge in [-0.15, -0.1) is 0 Å². The van der Waals surface area contributed by atoms with Gasteiger partial charge >= 0.3 is 0 Å². The van der Waals surface area contributed by atoms with Crippen LogP contribution in [-0.2, 0) is 0 Å². The Balaban J connectivity index is 0.989. The molecule has 0 aromatic heterocycles. The van der Waals surface area contributed by atoms with Crippen molar-refractivity contribution >= 4 is 45.9 Å². The van der Waals surface area contributed by atoms with Crippen molar-refractivity contribution in [1.29, 1.82) is 0 Å². The zero-order valence-corrected chi connectivity index (χ0v) is 34.2. The van der Waals surface area contributed by atoms with Crippen LogP contribution in [0.25, 0.3) is 45.7 Å². The fourth-order valence-corrected chi connectivity index (χ4v) is 9.36. The molecule has 3 unspecified atom stereocenters. The normalized spacial score (nSPS) is 17.6. The molecule has 0 spiro atoms. The highest BCUT2D eigenvalue weighted by Gasteiger charge is 2.33. The molecule has 8 aromatic rings. The summed E-state index contributed by atoms with van der Waals surface area (Å²) in [5.41, 5.74) is 20.2. The Hall–Kier alpha value is -7.88. The summed E-state index contributed by atoms with van der Waals surface area (Å²) >= 11 is 0. The van der Waals surface area contributed by atoms with Gasteiger partial charge in [0, 0.05) is 5.57 Å². The lowest BCUT2D eigenvalue weighted by molar-refractivity contribution is 0.787. The molecule has 3 nitrogen and oxygen atoms in total. The lowest BCUT2D eigenvalue weighted by Crippen LogP contribution is -2.27. The van der Waals surface area contributed by atoms with Crippen molar-refractivity contribution in [1.82, 2.24) is 5.32 Å². The monoisotopic (exact) mass is 795 g/mol. The molecule has 0 saturated heterocycles. The van der Waals surface area contributed by atoms with Gasteiger partial charge in [-0.2, -0.15) is 0 Å². The Morgan fingerprint density at radius 3 is 1.35 bits per heavy atom. The maximum absolute atomic E-state index is 4.09. The lowest BCUT2D eigenvalue weighted by atomic mass is 9.77. The predicted molar refractivity (Wildman–Crippen MR) is 261 cm³/mol. The second-order valence-corrected chi connectivity index (χ2v) is 16.2. The molecule has 3 atom stereocenters. The summed E-state index contributed by atoms with van der Waals surface area (Å²) in [4.78, 5) is 0. The van der Waals surface area contributed by atoms with Crippen LogP contribution in [0.1, 0.15) is 68.2 Å². The van der Waals surface area contributed by atoms with Gasteiger partial charge in [0.1, 0.15) is 0 Å². The van der Waals surface area contributed by atoms with Gasteiger partial charge in [0.05, 0.1) is 35.2 Å². The summed E-state index contributed by atoms with van der Waals surface area (Å²) in [6.07, 6.45) is 9.04. The number of nitrogens with one attached hydrogen (secondary N) is 3. The Labute approximate surface area is 364 Å². The van der Waals surface area contributed by atoms with Gasteiger partial charge in [-0.25, -0.2) is 0 Å². The molecule has 0 aliphatic carbocycles. The third-order valence-electron chi connectivity index (χ3n) is 12.4. The van der Waals surface area contributed by atoms with Crippen LogP contribution in [-0.4, -0.2) is 0 Å². The highest BCUT2D eigenvalue weighted by Crippen LogP contribution is 2.50. The minimum absolute atomic E-state index is 0.0225. The number of fused-ring (bicyclic) bond motifs is 3. The third kappa shape index (κ3) is 7.04. The standard InChI is InChI=1S/C59H45N3/c1-6-17-41(18-7-1)51-37-35-47-33-34-48-36-38-52(61-59(48)58(47)60-51)50-28-16-27-49(39-50)40-29-31-44(32-30-40)53-54(42-19-8-2-9-20-42)56(45-23-12-4-13-24-45)62-57(46-25-14-5-15-26-46)55(53)43-21-10-3-11-22-43/h1-39,51-52,56,60-62H. The summed E-state index contributed by atoms with van der Waals surface area (Å²) < 4.78 is 0. The van der Waals surface area contributed by atoms with Crippen molar-refractivity contribution in [2.75, 3.05) is 10.6 Å². The maximum atomic E-state index is 4.09. The Morgan fingerprint density at radius 1 is 0.306 bits per heavy atom. The Kier molecular flexibility index (Phi) is 9.76. The zero-order valence-electron chi connectivity index (χ0n) is 34.2. The van der Waals surface area contributed by atoms with E-state index in [1.165, 1.54) is 72.4 Å². The molecule has 3 aliphatic heterocycles. The van der Waals surface area contributed by atoms with Crippen molar-refractivity contribution in [2.45, 2.75) is 18.1 Å². The molecule has 11 rings (SSSR count). The van der Waals surface area contributed by atoms with E-state index in [1.54, 1.807) is 0 Å². The molecule has 3 N–H and O–H groups in total. The van der Waals surface area contributed by atoms with E-state index in [2.05, 4.69) is 253 Å². The second kappa shape index (κ2) is 16.3. The van der Waals surface area contributed by atoms with E-state index in [0.717, 1.165) is 22.6 Å². The van der Waals surface area contributed by atoms with Crippen LogP contribution in [0.4, 0.5) is 11.4 Å². The van der Waals surface area contributed by atoms with Crippen LogP contribution in [0.2, 0.25) is 0 Å². The molecule has 62 heavy (non-hydrogen) atoms. The molecule has 0 bridgehead atoms. The largest absolute Gasteiger partial charge is 0.373 e. The van der Waals surface area contributed by atoms with Crippen LogP contribution in [0.3, 0.4) is 0 Å². The van der Waals surface area contributed by atoms with Gasteiger partial charge in [-0.3, -0.25) is 0 Å². The number of allylic oxidation sites excluding steroid dienone is 2. The van der Waals surface area contributed by atoms with Crippen molar-refractivity contribution in [3.8, 4) is 11.1 Å². The van der Waals surface area contributed by atoms with E-state index in [4.69, 9.17) is 0 Å². The topological polar surface area (TPSA) is 36.1 Å². The van der Waals surface area contributed by atoms with Crippen molar-refractivity contribution in [3.05, 3.63) is 275 Å². The van der Waals surface area contributed by atoms with Crippen LogP contribution >= 0.6 is 0 Å². The van der Waals surface area contributed by atoms with Gasteiger partial charge in [-0.05, 0) is 78.4 Å². The molecule has 8 aromatic carbocycles. The number of hydrogen-bond donors (Lipinski definition) is 3. The van der Waals surface area contributed by atoms with Crippen molar-refractivity contribution in [2.24, 2.45) is 0 Å². The van der Waals surface area contributed by atoms with Crippen LogP contribution in [0, 0.1) is 0 Å². The molecular formula is C59H45N3. The number of hydrogen-bond acceptors (Lipinski definition) is 3. The molecule has 0 amide bonds. The summed E-state index contributed by atoms with van der Waals surface area (Å²) in [5, 5.41) is 11.9. The maximum Gasteiger partial charge on any atom is 0.0779 e. The fraction of sp³-hybridized carbons (Fsp3) is 0.0508. The van der Waals surface area contributed by atoms with Gasteiger partial charge in [0.15, 0.2) is 0 Å². The first kappa shape index (κ1) is 37.1. The van der Waals surface area contributed by atoms with E-state index >= 15 is 0 Å². The van der Waals surface area contributed by atoms with E-state index in [0.29, 0.717) is 0 Å². The molecular weight excluding hydrogens is 751 g/mol. The number of anilines is 2. The first-order chi connectivity index (χ1) is 30.7. The third-order valence-corrected chi connectivity index (χ3v) is 12.4. The average Bonchev–Trinajstić information content (AvgIpc) is 3.36. The van der Waals surface area contributed by atoms with Gasteiger partial charge in [0.2, 0.25) is 0 Å². The zero-order chi connectivity index (χ0) is 41.2.